The third kappa shape index (κ3) is 5.59. The van der Waals surface area contributed by atoms with Crippen molar-refractivity contribution in [2.45, 2.75) is 37.8 Å². The Labute approximate surface area is 133 Å². The molecular formula is C17H27ClN2O. The summed E-state index contributed by atoms with van der Waals surface area (Å²) in [5.74, 6) is 0. The van der Waals surface area contributed by atoms with Crippen molar-refractivity contribution >= 4 is 11.6 Å². The van der Waals surface area contributed by atoms with Gasteiger partial charge in [-0.1, -0.05) is 23.7 Å². The molecule has 1 aromatic carbocycles. The van der Waals surface area contributed by atoms with E-state index >= 15 is 0 Å². The summed E-state index contributed by atoms with van der Waals surface area (Å²) in [5, 5.41) is 4.19. The molecule has 0 aliphatic carbocycles. The maximum absolute atomic E-state index is 5.95. The molecule has 118 valence electrons. The number of hydrogen-bond donors (Lipinski definition) is 1. The molecule has 3 nitrogen and oxygen atoms in total. The molecule has 0 spiro atoms. The van der Waals surface area contributed by atoms with E-state index < -0.39 is 0 Å². The topological polar surface area (TPSA) is 24.5 Å². The number of nitrogens with zero attached hydrogens (tertiary/aromatic N) is 1. The molecule has 4 heteroatoms. The number of hydrogen-bond acceptors (Lipinski definition) is 3. The zero-order valence-corrected chi connectivity index (χ0v) is 13.9. The number of ether oxygens (including phenoxy) is 1. The Hall–Kier alpha value is -0.610. The Balaban J connectivity index is 1.77. The molecule has 0 bridgehead atoms. The molecule has 1 heterocycles. The van der Waals surface area contributed by atoms with Gasteiger partial charge in [0.2, 0.25) is 0 Å². The van der Waals surface area contributed by atoms with Crippen LogP contribution in [-0.4, -0.2) is 44.8 Å². The second kappa shape index (κ2) is 8.74. The third-order valence-electron chi connectivity index (χ3n) is 4.21. The molecule has 2 unspecified atom stereocenters. The van der Waals surface area contributed by atoms with Crippen LogP contribution in [0.4, 0.5) is 0 Å². The minimum absolute atomic E-state index is 0.372. The molecule has 1 fully saturated rings. The summed E-state index contributed by atoms with van der Waals surface area (Å²) < 4.78 is 5.81. The average molecular weight is 311 g/mol. The van der Waals surface area contributed by atoms with Crippen molar-refractivity contribution in [1.82, 2.24) is 10.2 Å². The van der Waals surface area contributed by atoms with E-state index in [9.17, 15) is 0 Å². The Morgan fingerprint density at radius 1 is 1.33 bits per heavy atom. The van der Waals surface area contributed by atoms with Gasteiger partial charge in [0.05, 0.1) is 6.10 Å². The number of likely N-dealkylation sites (N-methyl/N-ethyl adjacent to an activating group) is 1. The zero-order valence-electron chi connectivity index (χ0n) is 13.1. The molecule has 1 N–H and O–H groups in total. The minimum Gasteiger partial charge on any atom is -0.377 e. The molecule has 1 aliphatic rings. The van der Waals surface area contributed by atoms with Gasteiger partial charge in [-0.3, -0.25) is 0 Å². The van der Waals surface area contributed by atoms with E-state index in [2.05, 4.69) is 29.4 Å². The predicted octanol–water partition coefficient (Wildman–Crippen LogP) is 3.49. The summed E-state index contributed by atoms with van der Waals surface area (Å²) in [6.07, 6.45) is 5.24. The van der Waals surface area contributed by atoms with E-state index in [1.807, 2.05) is 19.2 Å². The van der Waals surface area contributed by atoms with Crippen molar-refractivity contribution in [3.05, 3.63) is 34.9 Å². The molecule has 1 aliphatic heterocycles. The fourth-order valence-electron chi connectivity index (χ4n) is 2.91. The molecule has 2 rings (SSSR count). The molecule has 1 aromatic rings. The third-order valence-corrected chi connectivity index (χ3v) is 4.46. The second-order valence-corrected chi connectivity index (χ2v) is 6.37. The van der Waals surface area contributed by atoms with Crippen molar-refractivity contribution in [1.29, 1.82) is 0 Å². The van der Waals surface area contributed by atoms with Gasteiger partial charge in [-0.2, -0.15) is 0 Å². The zero-order chi connectivity index (χ0) is 15.1. The van der Waals surface area contributed by atoms with Crippen molar-refractivity contribution in [3.63, 3.8) is 0 Å². The molecular weight excluding hydrogens is 284 g/mol. The Kier molecular flexibility index (Phi) is 6.97. The first-order chi connectivity index (χ1) is 10.2. The van der Waals surface area contributed by atoms with Crippen LogP contribution < -0.4 is 5.32 Å². The first kappa shape index (κ1) is 16.8. The molecule has 0 aromatic heterocycles. The highest BCUT2D eigenvalue weighted by molar-refractivity contribution is 6.30. The summed E-state index contributed by atoms with van der Waals surface area (Å²) >= 11 is 5.95. The van der Waals surface area contributed by atoms with Gasteiger partial charge in [0.15, 0.2) is 0 Å². The summed E-state index contributed by atoms with van der Waals surface area (Å²) in [6.45, 7) is 3.04. The van der Waals surface area contributed by atoms with Crippen molar-refractivity contribution < 1.29 is 4.74 Å². The van der Waals surface area contributed by atoms with E-state index in [0.717, 1.165) is 31.1 Å². The lowest BCUT2D eigenvalue weighted by Crippen LogP contribution is -2.35. The van der Waals surface area contributed by atoms with Crippen LogP contribution in [0.1, 0.15) is 37.3 Å². The van der Waals surface area contributed by atoms with Gasteiger partial charge < -0.3 is 15.0 Å². The van der Waals surface area contributed by atoms with E-state index in [1.165, 1.54) is 24.8 Å². The Morgan fingerprint density at radius 2 is 2.10 bits per heavy atom. The van der Waals surface area contributed by atoms with Crippen molar-refractivity contribution in [2.75, 3.05) is 33.8 Å². The normalized spacial score (nSPS) is 20.7. The lowest BCUT2D eigenvalue weighted by molar-refractivity contribution is -0.00184. The summed E-state index contributed by atoms with van der Waals surface area (Å²) in [7, 11) is 4.20. The Morgan fingerprint density at radius 3 is 2.71 bits per heavy atom. The monoisotopic (exact) mass is 310 g/mol. The summed E-state index contributed by atoms with van der Waals surface area (Å²) in [6, 6.07) is 8.50. The highest BCUT2D eigenvalue weighted by atomic mass is 35.5. The molecule has 2 atom stereocenters. The number of benzene rings is 1. The number of nitrogens with one attached hydrogen (secondary N) is 1. The van der Waals surface area contributed by atoms with E-state index in [4.69, 9.17) is 16.3 Å². The number of rotatable bonds is 7. The Bertz CT molecular complexity index is 404. The summed E-state index contributed by atoms with van der Waals surface area (Å²) in [5.41, 5.74) is 1.30. The maximum atomic E-state index is 5.95. The van der Waals surface area contributed by atoms with Gasteiger partial charge in [0.25, 0.3) is 0 Å². The van der Waals surface area contributed by atoms with E-state index in [0.29, 0.717) is 12.1 Å². The maximum Gasteiger partial charge on any atom is 0.0701 e. The molecule has 21 heavy (non-hydrogen) atoms. The van der Waals surface area contributed by atoms with Gasteiger partial charge in [-0.25, -0.2) is 0 Å². The highest BCUT2D eigenvalue weighted by Gasteiger charge is 2.17. The van der Waals surface area contributed by atoms with Gasteiger partial charge >= 0.3 is 0 Å². The van der Waals surface area contributed by atoms with Crippen LogP contribution in [0.2, 0.25) is 5.02 Å². The van der Waals surface area contributed by atoms with Crippen LogP contribution in [0.3, 0.4) is 0 Å². The molecule has 0 saturated carbocycles. The van der Waals surface area contributed by atoms with Gasteiger partial charge in [-0.15, -0.1) is 0 Å². The standard InChI is InChI=1S/C17H27ClN2O/c1-19-17(14-6-8-15(18)9-7-14)10-11-20(2)13-16-5-3-4-12-21-16/h6-9,16-17,19H,3-5,10-13H2,1-2H3. The number of halogens is 1. The van der Waals surface area contributed by atoms with Gasteiger partial charge in [-0.05, 0) is 64.0 Å². The molecule has 1 saturated heterocycles. The lowest BCUT2D eigenvalue weighted by atomic mass is 10.0. The van der Waals surface area contributed by atoms with Crippen LogP contribution >= 0.6 is 11.6 Å². The highest BCUT2D eigenvalue weighted by Crippen LogP contribution is 2.20. The first-order valence-electron chi connectivity index (χ1n) is 7.92. The molecule has 0 radical (unpaired) electrons. The smallest absolute Gasteiger partial charge is 0.0701 e. The van der Waals surface area contributed by atoms with E-state index in [-0.39, 0.29) is 0 Å². The SMILES string of the molecule is CNC(CCN(C)CC1CCCCO1)c1ccc(Cl)cc1. The minimum atomic E-state index is 0.372. The predicted molar refractivity (Wildman–Crippen MR) is 89.0 cm³/mol. The van der Waals surface area contributed by atoms with E-state index in [1.54, 1.807) is 0 Å². The fourth-order valence-corrected chi connectivity index (χ4v) is 3.04. The molecule has 0 amide bonds. The second-order valence-electron chi connectivity index (χ2n) is 5.93. The van der Waals surface area contributed by atoms with Crippen molar-refractivity contribution in [2.24, 2.45) is 0 Å². The van der Waals surface area contributed by atoms with Crippen LogP contribution in [0.15, 0.2) is 24.3 Å². The van der Waals surface area contributed by atoms with Crippen LogP contribution in [0.25, 0.3) is 0 Å². The fraction of sp³-hybridized carbons (Fsp3) is 0.647. The van der Waals surface area contributed by atoms with Crippen LogP contribution in [0, 0.1) is 0 Å². The quantitative estimate of drug-likeness (QED) is 0.834. The lowest BCUT2D eigenvalue weighted by Gasteiger charge is -2.28. The van der Waals surface area contributed by atoms with Gasteiger partial charge in [0.1, 0.15) is 0 Å². The summed E-state index contributed by atoms with van der Waals surface area (Å²) in [4.78, 5) is 2.39. The van der Waals surface area contributed by atoms with Gasteiger partial charge in [0, 0.05) is 24.2 Å². The van der Waals surface area contributed by atoms with Crippen molar-refractivity contribution in [3.8, 4) is 0 Å². The first-order valence-corrected chi connectivity index (χ1v) is 8.29. The largest absolute Gasteiger partial charge is 0.377 e. The van der Waals surface area contributed by atoms with Crippen LogP contribution in [-0.2, 0) is 4.74 Å². The average Bonchev–Trinajstić information content (AvgIpc) is 2.50. The van der Waals surface area contributed by atoms with Crippen LogP contribution in [0.5, 0.6) is 0 Å².